The van der Waals surface area contributed by atoms with Gasteiger partial charge in [0.25, 0.3) is 0 Å². The zero-order valence-corrected chi connectivity index (χ0v) is 25.3. The number of Topliss-reactive ketones (excluding diaryl/α,β-unsaturated/α-hetero) is 1. The SMILES string of the molecule is C#C.CC/C=C\C(C)C(C)=O.CCc1ccc(Oc2cccc(C(F)(F)F)c2)cc1.Cc1ccc(S(C)(=O)=O)s1. The van der Waals surface area contributed by atoms with Crippen molar-refractivity contribution in [3.63, 3.8) is 0 Å². The fourth-order valence-electron chi connectivity index (χ4n) is 2.75. The molecule has 0 amide bonds. The van der Waals surface area contributed by atoms with Gasteiger partial charge in [0.15, 0.2) is 9.84 Å². The summed E-state index contributed by atoms with van der Waals surface area (Å²) >= 11 is 1.31. The molecular formula is C31H37F3O4S2. The van der Waals surface area contributed by atoms with Crippen molar-refractivity contribution in [2.45, 2.75) is 57.8 Å². The third kappa shape index (κ3) is 14.7. The predicted molar refractivity (Wildman–Crippen MR) is 159 cm³/mol. The number of allylic oxidation sites excluding steroid dienone is 2. The molecule has 4 nitrogen and oxygen atoms in total. The number of aryl methyl sites for hydroxylation is 2. The molecule has 0 radical (unpaired) electrons. The molecule has 1 heterocycles. The number of thiophene rings is 1. The fourth-order valence-corrected chi connectivity index (χ4v) is 4.66. The first kappa shape index (κ1) is 36.6. The topological polar surface area (TPSA) is 60.4 Å². The Hall–Kier alpha value is -3.35. The average molecular weight is 595 g/mol. The zero-order valence-electron chi connectivity index (χ0n) is 23.7. The molecule has 0 N–H and O–H groups in total. The number of rotatable bonds is 7. The number of carbonyl (C=O) groups excluding carboxylic acids is 1. The maximum atomic E-state index is 12.5. The molecule has 0 fully saturated rings. The van der Waals surface area contributed by atoms with Gasteiger partial charge in [-0.1, -0.05) is 51.1 Å². The Kier molecular flexibility index (Phi) is 16.6. The molecule has 40 heavy (non-hydrogen) atoms. The number of sulfone groups is 1. The van der Waals surface area contributed by atoms with Crippen molar-refractivity contribution in [3.05, 3.63) is 88.8 Å². The number of ketones is 1. The van der Waals surface area contributed by atoms with Crippen LogP contribution < -0.4 is 4.74 Å². The number of benzene rings is 2. The van der Waals surface area contributed by atoms with Crippen LogP contribution in [0.2, 0.25) is 0 Å². The molecule has 3 rings (SSSR count). The molecule has 3 aromatic rings. The largest absolute Gasteiger partial charge is 0.457 e. The highest BCUT2D eigenvalue weighted by Crippen LogP contribution is 2.32. The molecule has 218 valence electrons. The molecule has 1 aromatic heterocycles. The van der Waals surface area contributed by atoms with Crippen molar-refractivity contribution in [1.82, 2.24) is 0 Å². The van der Waals surface area contributed by atoms with Crippen molar-refractivity contribution >= 4 is 27.0 Å². The molecule has 1 atom stereocenters. The molecule has 0 bridgehead atoms. The van der Waals surface area contributed by atoms with Gasteiger partial charge in [0, 0.05) is 17.1 Å². The highest BCUT2D eigenvalue weighted by Gasteiger charge is 2.30. The van der Waals surface area contributed by atoms with E-state index in [2.05, 4.69) is 19.8 Å². The van der Waals surface area contributed by atoms with Crippen molar-refractivity contribution in [2.24, 2.45) is 5.92 Å². The van der Waals surface area contributed by atoms with Crippen LogP contribution in [-0.2, 0) is 27.2 Å². The number of terminal acetylenes is 1. The van der Waals surface area contributed by atoms with Gasteiger partial charge >= 0.3 is 6.18 Å². The van der Waals surface area contributed by atoms with Gasteiger partial charge in [0.1, 0.15) is 21.5 Å². The summed E-state index contributed by atoms with van der Waals surface area (Å²) in [6.07, 6.45) is 10.7. The molecule has 0 aliphatic rings. The van der Waals surface area contributed by atoms with E-state index in [0.717, 1.165) is 35.4 Å². The molecule has 0 aliphatic carbocycles. The van der Waals surface area contributed by atoms with Gasteiger partial charge in [0.05, 0.1) is 5.56 Å². The third-order valence-electron chi connectivity index (χ3n) is 5.11. The van der Waals surface area contributed by atoms with Crippen LogP contribution in [0.3, 0.4) is 0 Å². The summed E-state index contributed by atoms with van der Waals surface area (Å²) in [5.41, 5.74) is 0.437. The second-order valence-electron chi connectivity index (χ2n) is 8.50. The van der Waals surface area contributed by atoms with Crippen molar-refractivity contribution in [1.29, 1.82) is 0 Å². The van der Waals surface area contributed by atoms with Crippen molar-refractivity contribution in [3.8, 4) is 24.3 Å². The Bertz CT molecular complexity index is 1320. The minimum absolute atomic E-state index is 0.102. The highest BCUT2D eigenvalue weighted by molar-refractivity contribution is 7.92. The summed E-state index contributed by atoms with van der Waals surface area (Å²) in [6.45, 7) is 9.50. The molecule has 0 saturated heterocycles. The smallest absolute Gasteiger partial charge is 0.416 e. The Morgan fingerprint density at radius 2 is 1.62 bits per heavy atom. The van der Waals surface area contributed by atoms with Crippen molar-refractivity contribution in [2.75, 3.05) is 6.26 Å². The first-order valence-electron chi connectivity index (χ1n) is 12.4. The molecular weight excluding hydrogens is 557 g/mol. The molecule has 1 unspecified atom stereocenters. The van der Waals surface area contributed by atoms with E-state index in [0.29, 0.717) is 9.96 Å². The summed E-state index contributed by atoms with van der Waals surface area (Å²) in [6, 6.07) is 15.6. The lowest BCUT2D eigenvalue weighted by molar-refractivity contribution is -0.137. The minimum atomic E-state index is -4.36. The van der Waals surface area contributed by atoms with Gasteiger partial charge in [-0.15, -0.1) is 24.2 Å². The predicted octanol–water partition coefficient (Wildman–Crippen LogP) is 8.95. The summed E-state index contributed by atoms with van der Waals surface area (Å²) in [5, 5.41) is 0. The number of halogens is 3. The lowest BCUT2D eigenvalue weighted by Gasteiger charge is -2.10. The van der Waals surface area contributed by atoms with Crippen LogP contribution in [0.1, 0.15) is 50.1 Å². The number of hydrogen-bond acceptors (Lipinski definition) is 5. The molecule has 0 aliphatic heterocycles. The summed E-state index contributed by atoms with van der Waals surface area (Å²) in [4.78, 5) is 11.6. The fraction of sp³-hybridized carbons (Fsp3) is 0.323. The van der Waals surface area contributed by atoms with E-state index < -0.39 is 21.6 Å². The van der Waals surface area contributed by atoms with Crippen molar-refractivity contribution < 1.29 is 31.1 Å². The lowest BCUT2D eigenvalue weighted by Crippen LogP contribution is -2.04. The Morgan fingerprint density at radius 1 is 1.02 bits per heavy atom. The molecule has 9 heteroatoms. The molecule has 0 spiro atoms. The van der Waals surface area contributed by atoms with E-state index in [9.17, 15) is 26.4 Å². The number of alkyl halides is 3. The van der Waals surface area contributed by atoms with Crippen LogP contribution >= 0.6 is 11.3 Å². The van der Waals surface area contributed by atoms with Crippen LogP contribution in [0.25, 0.3) is 0 Å². The maximum Gasteiger partial charge on any atom is 0.416 e. The molecule has 2 aromatic carbocycles. The number of ether oxygens (including phenoxy) is 1. The minimum Gasteiger partial charge on any atom is -0.457 e. The Balaban J connectivity index is 0.000000612. The van der Waals surface area contributed by atoms with Crippen LogP contribution in [0.5, 0.6) is 11.5 Å². The van der Waals surface area contributed by atoms with Gasteiger partial charge in [0.2, 0.25) is 0 Å². The molecule has 0 saturated carbocycles. The third-order valence-corrected chi connectivity index (χ3v) is 7.93. The van der Waals surface area contributed by atoms with Gasteiger partial charge < -0.3 is 4.74 Å². The highest BCUT2D eigenvalue weighted by atomic mass is 32.2. The first-order valence-corrected chi connectivity index (χ1v) is 15.1. The van der Waals surface area contributed by atoms with Crippen LogP contribution in [0.4, 0.5) is 13.2 Å². The maximum absolute atomic E-state index is 12.5. The van der Waals surface area contributed by atoms with E-state index in [4.69, 9.17) is 4.74 Å². The van der Waals surface area contributed by atoms with Gasteiger partial charge in [-0.3, -0.25) is 4.79 Å². The summed E-state index contributed by atoms with van der Waals surface area (Å²) < 4.78 is 65.2. The second-order valence-corrected chi connectivity index (χ2v) is 12.0. The lowest BCUT2D eigenvalue weighted by atomic mass is 10.1. The van der Waals surface area contributed by atoms with Gasteiger partial charge in [-0.05, 0) is 74.7 Å². The number of hydrogen-bond donors (Lipinski definition) is 0. The summed E-state index contributed by atoms with van der Waals surface area (Å²) in [7, 11) is -2.96. The van der Waals surface area contributed by atoms with Gasteiger partial charge in [-0.25, -0.2) is 8.42 Å². The summed E-state index contributed by atoms with van der Waals surface area (Å²) in [5.74, 6) is 1.04. The van der Waals surface area contributed by atoms with Crippen LogP contribution in [0.15, 0.2) is 77.0 Å². The van der Waals surface area contributed by atoms with E-state index in [1.165, 1.54) is 29.7 Å². The zero-order chi connectivity index (χ0) is 30.9. The van der Waals surface area contributed by atoms with E-state index in [-0.39, 0.29) is 17.5 Å². The van der Waals surface area contributed by atoms with Gasteiger partial charge in [-0.2, -0.15) is 13.2 Å². The number of carbonyl (C=O) groups is 1. The quantitative estimate of drug-likeness (QED) is 0.202. The monoisotopic (exact) mass is 594 g/mol. The van der Waals surface area contributed by atoms with E-state index >= 15 is 0 Å². The second kappa shape index (κ2) is 18.1. The van der Waals surface area contributed by atoms with E-state index in [1.54, 1.807) is 31.2 Å². The first-order chi connectivity index (χ1) is 18.7. The Labute approximate surface area is 240 Å². The normalized spacial score (nSPS) is 11.6. The Morgan fingerprint density at radius 3 is 2.02 bits per heavy atom. The van der Waals surface area contributed by atoms with Crippen LogP contribution in [-0.4, -0.2) is 20.5 Å². The van der Waals surface area contributed by atoms with Crippen LogP contribution in [0, 0.1) is 25.7 Å². The van der Waals surface area contributed by atoms with E-state index in [1.807, 2.05) is 45.1 Å². The average Bonchev–Trinajstić information content (AvgIpc) is 3.36. The standard InChI is InChI=1S/C15H13F3O.C8H14O.C6H8O2S2.C2H2/c1-2-11-6-8-13(9-7-11)19-14-5-3-4-12(10-14)15(16,17)18;1-4-5-6-7(2)8(3)9;1-5-3-4-6(9-5)10(2,7)8;1-2/h3-10H,2H2,1H3;5-7H,4H2,1-3H3;3-4H,1-2H3;1-2H/b;6-5-;;.